The molecule has 2 rings (SSSR count). The van der Waals surface area contributed by atoms with Gasteiger partial charge >= 0.3 is 12.1 Å². The molecule has 1 unspecified atom stereocenters. The average Bonchev–Trinajstić information content (AvgIpc) is 3.02. The first-order chi connectivity index (χ1) is 14.3. The van der Waals surface area contributed by atoms with Crippen molar-refractivity contribution in [1.82, 2.24) is 15.1 Å². The molecule has 1 aromatic carbocycles. The van der Waals surface area contributed by atoms with Gasteiger partial charge in [-0.05, 0) is 66.2 Å². The van der Waals surface area contributed by atoms with E-state index in [4.69, 9.17) is 14.2 Å². The highest BCUT2D eigenvalue weighted by Crippen LogP contribution is 2.20. The number of hydrogen-bond acceptors (Lipinski definition) is 7. The van der Waals surface area contributed by atoms with Crippen molar-refractivity contribution in [2.75, 3.05) is 13.2 Å². The summed E-state index contributed by atoms with van der Waals surface area (Å²) in [5.41, 5.74) is -0.402. The third-order valence-corrected chi connectivity index (χ3v) is 3.84. The van der Waals surface area contributed by atoms with Gasteiger partial charge in [0, 0.05) is 24.7 Å². The molecule has 9 heteroatoms. The molecule has 0 bridgehead atoms. The van der Waals surface area contributed by atoms with Gasteiger partial charge in [0.05, 0.1) is 5.52 Å². The molecule has 0 spiro atoms. The van der Waals surface area contributed by atoms with Crippen LogP contribution in [0.25, 0.3) is 10.9 Å². The van der Waals surface area contributed by atoms with E-state index in [0.717, 1.165) is 10.9 Å². The number of nitrogens with zero attached hydrogens (tertiary/aromatic N) is 2. The van der Waals surface area contributed by atoms with E-state index in [2.05, 4.69) is 10.4 Å². The van der Waals surface area contributed by atoms with E-state index in [1.54, 1.807) is 43.7 Å². The normalized spacial score (nSPS) is 13.0. The molecule has 1 aromatic heterocycles. The molecule has 1 heterocycles. The van der Waals surface area contributed by atoms with Crippen molar-refractivity contribution in [1.29, 1.82) is 0 Å². The Labute approximate surface area is 182 Å². The summed E-state index contributed by atoms with van der Waals surface area (Å²) in [6, 6.07) is 5.32. The van der Waals surface area contributed by atoms with Crippen molar-refractivity contribution in [3.8, 4) is 5.75 Å². The topological polar surface area (TPSA) is 112 Å². The Hall–Kier alpha value is -2.81. The highest BCUT2D eigenvalue weighted by molar-refractivity contribution is 5.79. The monoisotopic (exact) mass is 435 g/mol. The van der Waals surface area contributed by atoms with Gasteiger partial charge in [0.15, 0.2) is 6.10 Å². The molecule has 0 fully saturated rings. The van der Waals surface area contributed by atoms with E-state index >= 15 is 0 Å². The van der Waals surface area contributed by atoms with Crippen LogP contribution < -0.4 is 10.1 Å². The number of amides is 1. The first-order valence-corrected chi connectivity index (χ1v) is 10.3. The van der Waals surface area contributed by atoms with Crippen LogP contribution in [-0.2, 0) is 20.8 Å². The van der Waals surface area contributed by atoms with E-state index in [9.17, 15) is 14.7 Å². The van der Waals surface area contributed by atoms with Crippen LogP contribution in [0.15, 0.2) is 24.4 Å². The van der Waals surface area contributed by atoms with Crippen LogP contribution in [0.5, 0.6) is 5.75 Å². The van der Waals surface area contributed by atoms with Gasteiger partial charge in [0.25, 0.3) is 0 Å². The Morgan fingerprint density at radius 2 is 1.81 bits per heavy atom. The van der Waals surface area contributed by atoms with Crippen LogP contribution in [0.3, 0.4) is 0 Å². The van der Waals surface area contributed by atoms with E-state index < -0.39 is 29.4 Å². The zero-order valence-corrected chi connectivity index (χ0v) is 19.1. The minimum Gasteiger partial charge on any atom is -0.490 e. The van der Waals surface area contributed by atoms with Crippen molar-refractivity contribution in [2.45, 2.75) is 71.8 Å². The number of aromatic nitrogens is 2. The van der Waals surface area contributed by atoms with Crippen LogP contribution >= 0.6 is 0 Å². The molecule has 172 valence electrons. The van der Waals surface area contributed by atoms with Crippen LogP contribution in [-0.4, -0.2) is 57.4 Å². The molecule has 0 aliphatic rings. The summed E-state index contributed by atoms with van der Waals surface area (Å²) in [6.45, 7) is 11.5. The quantitative estimate of drug-likeness (QED) is 0.484. The number of esters is 1. The first-order valence-electron chi connectivity index (χ1n) is 10.3. The van der Waals surface area contributed by atoms with Gasteiger partial charge < -0.3 is 24.6 Å². The molecule has 0 saturated heterocycles. The zero-order valence-electron chi connectivity index (χ0n) is 19.1. The molecule has 1 amide bonds. The highest BCUT2D eigenvalue weighted by atomic mass is 16.6. The van der Waals surface area contributed by atoms with E-state index in [1.807, 2.05) is 27.0 Å². The Morgan fingerprint density at radius 1 is 1.13 bits per heavy atom. The average molecular weight is 436 g/mol. The van der Waals surface area contributed by atoms with Gasteiger partial charge in [-0.15, -0.1) is 0 Å². The Morgan fingerprint density at radius 3 is 2.45 bits per heavy atom. The molecular weight excluding hydrogens is 402 g/mol. The lowest BCUT2D eigenvalue weighted by Crippen LogP contribution is -2.35. The van der Waals surface area contributed by atoms with Crippen molar-refractivity contribution < 1.29 is 28.9 Å². The van der Waals surface area contributed by atoms with E-state index in [1.165, 1.54) is 0 Å². The van der Waals surface area contributed by atoms with Gasteiger partial charge in [-0.1, -0.05) is 0 Å². The molecule has 9 nitrogen and oxygen atoms in total. The fraction of sp³-hybridized carbons (Fsp3) is 0.591. The Bertz CT molecular complexity index is 895. The number of fused-ring (bicyclic) bond motifs is 1. The molecule has 0 aliphatic carbocycles. The van der Waals surface area contributed by atoms with Gasteiger partial charge in [0.1, 0.15) is 23.6 Å². The number of alkyl carbamates (subject to hydrolysis) is 1. The summed E-state index contributed by atoms with van der Waals surface area (Å²) in [4.78, 5) is 23.5. The van der Waals surface area contributed by atoms with Crippen LogP contribution in [0.1, 0.15) is 48.0 Å². The number of carbonyl (C=O) groups excluding carboxylic acids is 2. The molecular formula is C22H33N3O6. The van der Waals surface area contributed by atoms with Crippen LogP contribution in [0.4, 0.5) is 4.79 Å². The van der Waals surface area contributed by atoms with Gasteiger partial charge in [0.2, 0.25) is 0 Å². The number of aryl methyl sites for hydroxylation is 1. The summed E-state index contributed by atoms with van der Waals surface area (Å²) in [5, 5.41) is 18.0. The first kappa shape index (κ1) is 24.5. The molecule has 1 atom stereocenters. The number of rotatable bonds is 8. The number of aliphatic hydroxyl groups is 1. The predicted octanol–water partition coefficient (Wildman–Crippen LogP) is 3.03. The minimum atomic E-state index is -1.37. The van der Waals surface area contributed by atoms with Gasteiger partial charge in [-0.2, -0.15) is 5.10 Å². The number of benzene rings is 1. The van der Waals surface area contributed by atoms with Crippen molar-refractivity contribution in [2.24, 2.45) is 0 Å². The number of ether oxygens (including phenoxy) is 3. The molecule has 0 radical (unpaired) electrons. The fourth-order valence-electron chi connectivity index (χ4n) is 2.62. The molecule has 31 heavy (non-hydrogen) atoms. The standard InChI is InChI=1S/C22H33N3O6/c1-21(2,3)30-19(27)18(26)14-29-16-8-9-17-15(12-16)13-25(24-17)11-7-10-23-20(28)31-22(4,5)6/h8-9,12-13,18,26H,7,10-11,14H2,1-6H3,(H,23,28). The highest BCUT2D eigenvalue weighted by Gasteiger charge is 2.23. The second-order valence-corrected chi connectivity index (χ2v) is 9.26. The van der Waals surface area contributed by atoms with Gasteiger partial charge in [-0.25, -0.2) is 9.59 Å². The second kappa shape index (κ2) is 10.00. The van der Waals surface area contributed by atoms with Crippen molar-refractivity contribution in [3.05, 3.63) is 24.4 Å². The summed E-state index contributed by atoms with van der Waals surface area (Å²) >= 11 is 0. The van der Waals surface area contributed by atoms with Crippen molar-refractivity contribution >= 4 is 23.0 Å². The Balaban J connectivity index is 1.83. The van der Waals surface area contributed by atoms with Gasteiger partial charge in [-0.3, -0.25) is 4.68 Å². The van der Waals surface area contributed by atoms with Crippen LogP contribution in [0, 0.1) is 0 Å². The third kappa shape index (κ3) is 8.84. The SMILES string of the molecule is CC(C)(C)OC(=O)NCCCn1cc2cc(OCC(O)C(=O)OC(C)(C)C)ccc2n1. The summed E-state index contributed by atoms with van der Waals surface area (Å²) in [5.74, 6) is -0.206. The molecule has 0 saturated carbocycles. The van der Waals surface area contributed by atoms with Crippen LogP contribution in [0.2, 0.25) is 0 Å². The second-order valence-electron chi connectivity index (χ2n) is 9.26. The smallest absolute Gasteiger partial charge is 0.407 e. The Kier molecular flexibility index (Phi) is 7.89. The molecule has 0 aliphatic heterocycles. The molecule has 2 N–H and O–H groups in total. The summed E-state index contributed by atoms with van der Waals surface area (Å²) in [6.07, 6.45) is 0.766. The maximum absolute atomic E-state index is 11.8. The fourth-order valence-corrected chi connectivity index (χ4v) is 2.62. The third-order valence-electron chi connectivity index (χ3n) is 3.84. The number of nitrogens with one attached hydrogen (secondary N) is 1. The predicted molar refractivity (Wildman–Crippen MR) is 116 cm³/mol. The largest absolute Gasteiger partial charge is 0.490 e. The summed E-state index contributed by atoms with van der Waals surface area (Å²) in [7, 11) is 0. The number of hydrogen-bond donors (Lipinski definition) is 2. The lowest BCUT2D eigenvalue weighted by Gasteiger charge is -2.21. The maximum Gasteiger partial charge on any atom is 0.407 e. The molecule has 2 aromatic rings. The number of carbonyl (C=O) groups is 2. The number of aliphatic hydroxyl groups excluding tert-OH is 1. The lowest BCUT2D eigenvalue weighted by atomic mass is 10.2. The summed E-state index contributed by atoms with van der Waals surface area (Å²) < 4.78 is 17.7. The maximum atomic E-state index is 11.8. The van der Waals surface area contributed by atoms with E-state index in [-0.39, 0.29) is 6.61 Å². The lowest BCUT2D eigenvalue weighted by molar-refractivity contribution is -0.166. The zero-order chi connectivity index (χ0) is 23.2. The van der Waals surface area contributed by atoms with E-state index in [0.29, 0.717) is 25.3 Å². The minimum absolute atomic E-state index is 0.203. The van der Waals surface area contributed by atoms with Crippen molar-refractivity contribution in [3.63, 3.8) is 0 Å².